The molecule has 10 aromatic rings. The molecule has 0 bridgehead atoms. The van der Waals surface area contributed by atoms with Crippen molar-refractivity contribution >= 4 is 95.2 Å². The molecular weight excluding hydrogens is 603 g/mol. The minimum Gasteiger partial charge on any atom is -0.256 e. The van der Waals surface area contributed by atoms with Gasteiger partial charge in [-0.3, -0.25) is 4.98 Å². The van der Waals surface area contributed by atoms with Gasteiger partial charge >= 0.3 is 0 Å². The summed E-state index contributed by atoms with van der Waals surface area (Å²) >= 11 is 5.63. The Morgan fingerprint density at radius 2 is 1.00 bits per heavy atom. The van der Waals surface area contributed by atoms with Gasteiger partial charge in [-0.1, -0.05) is 72.8 Å². The van der Waals surface area contributed by atoms with Gasteiger partial charge in [-0.15, -0.1) is 34.0 Å². The summed E-state index contributed by atoms with van der Waals surface area (Å²) in [6.07, 6.45) is 1.99. The largest absolute Gasteiger partial charge is 0.256 e. The van der Waals surface area contributed by atoms with E-state index in [0.29, 0.717) is 0 Å². The summed E-state index contributed by atoms with van der Waals surface area (Å²) in [5.74, 6) is 0. The Balaban J connectivity index is 0.972. The van der Waals surface area contributed by atoms with Crippen LogP contribution in [0.15, 0.2) is 139 Å². The Labute approximate surface area is 271 Å². The summed E-state index contributed by atoms with van der Waals surface area (Å²) in [7, 11) is 0. The zero-order chi connectivity index (χ0) is 29.5. The number of pyridine rings is 1. The molecule has 0 aliphatic carbocycles. The summed E-state index contributed by atoms with van der Waals surface area (Å²) in [6.45, 7) is 0. The minimum absolute atomic E-state index is 1.00. The van der Waals surface area contributed by atoms with Gasteiger partial charge in [0.25, 0.3) is 0 Å². The number of nitrogens with zero attached hydrogens (tertiary/aromatic N) is 1. The molecule has 0 saturated carbocycles. The zero-order valence-electron chi connectivity index (χ0n) is 24.0. The molecule has 0 radical (unpaired) electrons. The van der Waals surface area contributed by atoms with Gasteiger partial charge < -0.3 is 0 Å². The Bertz CT molecular complexity index is 2740. The van der Waals surface area contributed by atoms with E-state index >= 15 is 0 Å². The van der Waals surface area contributed by atoms with Gasteiger partial charge in [0.2, 0.25) is 0 Å². The molecule has 0 saturated heterocycles. The van der Waals surface area contributed by atoms with E-state index in [1.165, 1.54) is 77.9 Å². The molecule has 4 heterocycles. The Morgan fingerprint density at radius 3 is 1.73 bits per heavy atom. The fourth-order valence-electron chi connectivity index (χ4n) is 6.58. The van der Waals surface area contributed by atoms with E-state index < -0.39 is 0 Å². The van der Waals surface area contributed by atoms with Crippen LogP contribution in [0.4, 0.5) is 0 Å². The van der Waals surface area contributed by atoms with Crippen molar-refractivity contribution in [1.82, 2.24) is 4.98 Å². The van der Waals surface area contributed by atoms with E-state index in [4.69, 9.17) is 4.98 Å². The molecule has 4 heteroatoms. The van der Waals surface area contributed by atoms with Crippen molar-refractivity contribution in [3.8, 4) is 33.5 Å². The van der Waals surface area contributed by atoms with E-state index in [2.05, 4.69) is 133 Å². The van der Waals surface area contributed by atoms with Crippen LogP contribution in [0.5, 0.6) is 0 Å². The molecule has 0 N–H and O–H groups in total. The predicted octanol–water partition coefficient (Wildman–Crippen LogP) is 13.2. The third-order valence-corrected chi connectivity index (χ3v) is 12.4. The molecule has 0 atom stereocenters. The van der Waals surface area contributed by atoms with E-state index in [-0.39, 0.29) is 0 Å². The highest BCUT2D eigenvalue weighted by Gasteiger charge is 2.14. The number of hydrogen-bond donors (Lipinski definition) is 0. The van der Waals surface area contributed by atoms with Crippen LogP contribution in [0.3, 0.4) is 0 Å². The maximum Gasteiger partial charge on any atom is 0.0702 e. The average Bonchev–Trinajstić information content (AvgIpc) is 3.80. The second-order valence-electron chi connectivity index (χ2n) is 11.7. The van der Waals surface area contributed by atoms with E-state index in [1.54, 1.807) is 11.3 Å². The van der Waals surface area contributed by atoms with Crippen molar-refractivity contribution in [2.24, 2.45) is 0 Å². The first-order valence-corrected chi connectivity index (χ1v) is 17.5. The van der Waals surface area contributed by atoms with Crippen molar-refractivity contribution < 1.29 is 0 Å². The zero-order valence-corrected chi connectivity index (χ0v) is 26.4. The predicted molar refractivity (Wildman–Crippen MR) is 199 cm³/mol. The first kappa shape index (κ1) is 25.5. The molecule has 10 rings (SSSR count). The van der Waals surface area contributed by atoms with Crippen LogP contribution in [0.1, 0.15) is 0 Å². The number of rotatable bonds is 3. The first-order valence-electron chi connectivity index (χ1n) is 15.0. The normalized spacial score (nSPS) is 12.0. The van der Waals surface area contributed by atoms with Gasteiger partial charge in [-0.05, 0) is 104 Å². The molecule has 0 amide bonds. The Hall–Kier alpha value is -4.87. The molecule has 45 heavy (non-hydrogen) atoms. The topological polar surface area (TPSA) is 12.9 Å². The van der Waals surface area contributed by atoms with Crippen LogP contribution < -0.4 is 0 Å². The molecule has 210 valence electrons. The van der Waals surface area contributed by atoms with Gasteiger partial charge in [0.15, 0.2) is 0 Å². The third kappa shape index (κ3) is 4.14. The number of benzene rings is 6. The minimum atomic E-state index is 1.00. The second kappa shape index (κ2) is 9.82. The molecule has 6 aromatic carbocycles. The average molecular weight is 626 g/mol. The molecule has 0 fully saturated rings. The van der Waals surface area contributed by atoms with Crippen molar-refractivity contribution in [1.29, 1.82) is 0 Å². The van der Waals surface area contributed by atoms with Crippen molar-refractivity contribution in [3.63, 3.8) is 0 Å². The number of fused-ring (bicyclic) bond motifs is 8. The molecular formula is C41H23NS3. The Kier molecular flexibility index (Phi) is 5.55. The molecule has 1 nitrogen and oxygen atoms in total. The number of thiophene rings is 3. The standard InChI is InChI=1S/C41H23NS3/c1-2-4-27-21-38-34(19-26(27)3-1)40-41(44-38)35-20-29-10-9-28(17-33(29)22-39(35)45-40)24-5-7-25(8-6-24)32-11-13-36(42-23-32)30-12-14-37-31(18-30)15-16-43-37/h1-23H. The quantitative estimate of drug-likeness (QED) is 0.190. The summed E-state index contributed by atoms with van der Waals surface area (Å²) in [4.78, 5) is 4.80. The second-order valence-corrected chi connectivity index (χ2v) is 14.7. The summed E-state index contributed by atoms with van der Waals surface area (Å²) in [5.41, 5.74) is 6.91. The molecule has 4 aromatic heterocycles. The molecule has 0 aliphatic heterocycles. The number of hydrogen-bond acceptors (Lipinski definition) is 4. The first-order chi connectivity index (χ1) is 22.2. The van der Waals surface area contributed by atoms with E-state index in [0.717, 1.165) is 16.8 Å². The SMILES string of the molecule is c1ccc2cc3c(cc2c1)sc1c2cc4ccc(-c5ccc(-c6ccc(-c7ccc8sccc8c7)nc6)cc5)cc4cc2sc31. The van der Waals surface area contributed by atoms with Crippen LogP contribution in [0.25, 0.3) is 94.7 Å². The van der Waals surface area contributed by atoms with Crippen molar-refractivity contribution in [2.75, 3.05) is 0 Å². The van der Waals surface area contributed by atoms with Crippen LogP contribution in [-0.4, -0.2) is 4.98 Å². The molecule has 0 unspecified atom stereocenters. The van der Waals surface area contributed by atoms with Crippen LogP contribution >= 0.6 is 34.0 Å². The highest BCUT2D eigenvalue weighted by atomic mass is 32.1. The lowest BCUT2D eigenvalue weighted by atomic mass is 9.98. The van der Waals surface area contributed by atoms with Crippen LogP contribution in [0, 0.1) is 0 Å². The van der Waals surface area contributed by atoms with Crippen molar-refractivity contribution in [2.45, 2.75) is 0 Å². The van der Waals surface area contributed by atoms with Crippen LogP contribution in [-0.2, 0) is 0 Å². The van der Waals surface area contributed by atoms with Gasteiger partial charge in [0.05, 0.1) is 15.1 Å². The summed E-state index contributed by atoms with van der Waals surface area (Å²) < 4.78 is 6.86. The molecule has 0 spiro atoms. The van der Waals surface area contributed by atoms with E-state index in [9.17, 15) is 0 Å². The van der Waals surface area contributed by atoms with Gasteiger partial charge in [0.1, 0.15) is 0 Å². The van der Waals surface area contributed by atoms with E-state index in [1.807, 2.05) is 28.9 Å². The van der Waals surface area contributed by atoms with Gasteiger partial charge in [-0.2, -0.15) is 0 Å². The maximum absolute atomic E-state index is 4.80. The maximum atomic E-state index is 4.80. The summed E-state index contributed by atoms with van der Waals surface area (Å²) in [6, 6.07) is 47.0. The fourth-order valence-corrected chi connectivity index (χ4v) is 10.0. The van der Waals surface area contributed by atoms with Crippen molar-refractivity contribution in [3.05, 3.63) is 139 Å². The van der Waals surface area contributed by atoms with Gasteiger partial charge in [-0.25, -0.2) is 0 Å². The monoisotopic (exact) mass is 625 g/mol. The summed E-state index contributed by atoms with van der Waals surface area (Å²) in [5, 5.41) is 11.4. The lowest BCUT2D eigenvalue weighted by Gasteiger charge is -2.08. The fraction of sp³-hybridized carbons (Fsp3) is 0. The Morgan fingerprint density at radius 1 is 0.400 bits per heavy atom. The smallest absolute Gasteiger partial charge is 0.0702 e. The molecule has 0 aliphatic rings. The lowest BCUT2D eigenvalue weighted by Crippen LogP contribution is -1.86. The highest BCUT2D eigenvalue weighted by molar-refractivity contribution is 7.36. The lowest BCUT2D eigenvalue weighted by molar-refractivity contribution is 1.33. The highest BCUT2D eigenvalue weighted by Crippen LogP contribution is 2.46. The van der Waals surface area contributed by atoms with Gasteiger partial charge in [0, 0.05) is 42.2 Å². The third-order valence-electron chi connectivity index (χ3n) is 8.97. The number of aromatic nitrogens is 1. The van der Waals surface area contributed by atoms with Crippen LogP contribution in [0.2, 0.25) is 0 Å².